The Balaban J connectivity index is 1.88. The number of carbonyl (C=O) groups excluding carboxylic acids is 2. The van der Waals surface area contributed by atoms with Crippen LogP contribution in [0.15, 0.2) is 54.7 Å². The quantitative estimate of drug-likeness (QED) is 0.105. The minimum atomic E-state index is -4.16. The van der Waals surface area contributed by atoms with Gasteiger partial charge in [-0.3, -0.25) is 33.3 Å². The lowest BCUT2D eigenvalue weighted by Gasteiger charge is -2.34. The molecule has 1 aromatic heterocycles. The van der Waals surface area contributed by atoms with Crippen molar-refractivity contribution >= 4 is 44.4 Å². The van der Waals surface area contributed by atoms with Crippen molar-refractivity contribution in [2.75, 3.05) is 37.9 Å². The first-order chi connectivity index (χ1) is 22.5. The first-order valence-electron chi connectivity index (χ1n) is 15.0. The van der Waals surface area contributed by atoms with Crippen LogP contribution in [0.25, 0.3) is 10.8 Å². The number of nitrogens with zero attached hydrogens (tertiary/aromatic N) is 2. The zero-order valence-corrected chi connectivity index (χ0v) is 28.5. The number of phosphoric acid groups is 1. The summed E-state index contributed by atoms with van der Waals surface area (Å²) < 4.78 is 81.3. The molecule has 1 heterocycles. The number of anilines is 1. The van der Waals surface area contributed by atoms with Gasteiger partial charge in [-0.05, 0) is 38.3 Å². The maximum atomic E-state index is 14.4. The monoisotopic (exact) mass is 700 g/mol. The predicted molar refractivity (Wildman–Crippen MR) is 172 cm³/mol. The zero-order valence-electron chi connectivity index (χ0n) is 26.6. The van der Waals surface area contributed by atoms with E-state index in [-0.39, 0.29) is 50.3 Å². The summed E-state index contributed by atoms with van der Waals surface area (Å²) in [7, 11) is -6.90. The fraction of sp³-hybridized carbons (Fsp3) is 0.433. The minimum Gasteiger partial charge on any atom is -0.447 e. The smallest absolute Gasteiger partial charge is 0.447 e. The first-order valence-corrected chi connectivity index (χ1v) is 17.9. The van der Waals surface area contributed by atoms with Gasteiger partial charge in [0.05, 0.1) is 32.0 Å². The second kappa shape index (κ2) is 18.9. The lowest BCUT2D eigenvalue weighted by Crippen LogP contribution is -2.52. The highest BCUT2D eigenvalue weighted by Gasteiger charge is 2.35. The maximum absolute atomic E-state index is 14.4. The third-order valence-electron chi connectivity index (χ3n) is 6.53. The largest absolute Gasteiger partial charge is 0.475 e. The summed E-state index contributed by atoms with van der Waals surface area (Å²) in [5.41, 5.74) is 2.68. The van der Waals surface area contributed by atoms with E-state index in [9.17, 15) is 27.5 Å². The van der Waals surface area contributed by atoms with Gasteiger partial charge in [0.15, 0.2) is 19.7 Å². The highest BCUT2D eigenvalue weighted by molar-refractivity contribution is 7.48. The summed E-state index contributed by atoms with van der Waals surface area (Å²) in [5.74, 6) is -2.57. The molecular weight excluding hydrogens is 660 g/mol. The van der Waals surface area contributed by atoms with Crippen molar-refractivity contribution in [3.63, 3.8) is 0 Å². The molecule has 0 radical (unpaired) electrons. The fourth-order valence-electron chi connectivity index (χ4n) is 4.54. The molecule has 0 fully saturated rings. The van der Waals surface area contributed by atoms with Gasteiger partial charge in [0.1, 0.15) is 12.4 Å². The number of amides is 2. The van der Waals surface area contributed by atoms with Crippen molar-refractivity contribution in [2.24, 2.45) is 0 Å². The van der Waals surface area contributed by atoms with E-state index >= 15 is 0 Å². The minimum absolute atomic E-state index is 0.0273. The van der Waals surface area contributed by atoms with Crippen LogP contribution in [0.2, 0.25) is 0 Å². The van der Waals surface area contributed by atoms with Crippen LogP contribution in [0.5, 0.6) is 0 Å². The molecule has 47 heavy (non-hydrogen) atoms. The average Bonchev–Trinajstić information content (AvgIpc) is 3.01. The van der Waals surface area contributed by atoms with Crippen LogP contribution in [-0.4, -0.2) is 66.7 Å². The number of ether oxygens (including phenoxy) is 1. The van der Waals surface area contributed by atoms with Crippen molar-refractivity contribution in [1.82, 2.24) is 15.4 Å². The number of halogens is 2. The van der Waals surface area contributed by atoms with Gasteiger partial charge in [0, 0.05) is 43.2 Å². The normalized spacial score (nSPS) is 13.6. The number of nitrogens with one attached hydrogen (secondary N) is 2. The molecule has 3 unspecified atom stereocenters. The molecule has 3 aromatic rings. The molecule has 0 aliphatic rings. The van der Waals surface area contributed by atoms with E-state index in [1.165, 1.54) is 19.1 Å². The van der Waals surface area contributed by atoms with E-state index in [4.69, 9.17) is 22.8 Å². The number of rotatable bonds is 19. The summed E-state index contributed by atoms with van der Waals surface area (Å²) in [5, 5.41) is 5.27. The van der Waals surface area contributed by atoms with Gasteiger partial charge in [0.25, 0.3) is 0 Å². The summed E-state index contributed by atoms with van der Waals surface area (Å²) in [6.45, 7) is 5.29. The highest BCUT2D eigenvalue weighted by Crippen LogP contribution is 2.51. The maximum Gasteiger partial charge on any atom is 0.475 e. The Kier molecular flexibility index (Phi) is 15.3. The fourth-order valence-corrected chi connectivity index (χ4v) is 7.09. The molecule has 3 rings (SSSR count). The molecule has 258 valence electrons. The van der Waals surface area contributed by atoms with E-state index in [1.807, 2.05) is 24.3 Å². The number of hydrazine groups is 1. The van der Waals surface area contributed by atoms with Crippen molar-refractivity contribution in [2.45, 2.75) is 52.8 Å². The van der Waals surface area contributed by atoms with Crippen LogP contribution in [0.4, 0.5) is 19.4 Å². The zero-order chi connectivity index (χ0) is 34.4. The van der Waals surface area contributed by atoms with E-state index in [1.54, 1.807) is 33.0 Å². The van der Waals surface area contributed by atoms with Crippen molar-refractivity contribution in [3.8, 4) is 0 Å². The number of pyridine rings is 1. The Morgan fingerprint density at radius 2 is 1.72 bits per heavy atom. The van der Waals surface area contributed by atoms with Gasteiger partial charge in [-0.1, -0.05) is 36.4 Å². The topological polar surface area (TPSA) is 155 Å². The number of hydrogen-bond donors (Lipinski definition) is 2. The number of fused-ring (bicyclic) bond motifs is 1. The van der Waals surface area contributed by atoms with Crippen LogP contribution in [0.3, 0.4) is 0 Å². The molecule has 0 bridgehead atoms. The van der Waals surface area contributed by atoms with Crippen LogP contribution in [0, 0.1) is 11.6 Å². The number of carbonyl (C=O) groups is 2. The van der Waals surface area contributed by atoms with Crippen LogP contribution >= 0.6 is 15.9 Å². The lowest BCUT2D eigenvalue weighted by molar-refractivity contribution is -0.137. The van der Waals surface area contributed by atoms with Gasteiger partial charge in [-0.25, -0.2) is 28.6 Å². The van der Waals surface area contributed by atoms with Gasteiger partial charge in [-0.15, -0.1) is 0 Å². The van der Waals surface area contributed by atoms with Gasteiger partial charge < -0.3 is 9.26 Å². The standard InChI is InChI=1S/C30H40F2N4O9P2/c1-5-42-46(39)20-26(45-47(40,43-6-2)44-7-3)16-25(36(21(4)37)34-18-24-13-10-14-27(31)29(24)32)19-41-30(38)35-28-15-22-11-8-9-12-23(22)17-33-28/h8-15,17,25-26,34,46H,5-7,16,18-20H2,1-4H3,(H,33,35,38). The molecule has 17 heteroatoms. The van der Waals surface area contributed by atoms with Crippen LogP contribution in [-0.2, 0) is 43.3 Å². The average molecular weight is 701 g/mol. The molecule has 0 aliphatic heterocycles. The number of hydrogen-bond acceptors (Lipinski definition) is 11. The Bertz CT molecular complexity index is 1560. The Hall–Kier alpha value is -3.29. The van der Waals surface area contributed by atoms with E-state index in [0.717, 1.165) is 21.8 Å². The Labute approximate surface area is 272 Å². The molecule has 2 amide bonds. The summed E-state index contributed by atoms with van der Waals surface area (Å²) in [6.07, 6.45) is -0.972. The lowest BCUT2D eigenvalue weighted by atomic mass is 10.1. The van der Waals surface area contributed by atoms with Crippen molar-refractivity contribution < 1.29 is 50.3 Å². The molecule has 0 aliphatic carbocycles. The predicted octanol–water partition coefficient (Wildman–Crippen LogP) is 6.45. The van der Waals surface area contributed by atoms with Gasteiger partial charge >= 0.3 is 13.9 Å². The van der Waals surface area contributed by atoms with Crippen molar-refractivity contribution in [1.29, 1.82) is 0 Å². The third kappa shape index (κ3) is 12.0. The third-order valence-corrected chi connectivity index (χ3v) is 9.64. The number of phosphoric ester groups is 1. The van der Waals surface area contributed by atoms with Gasteiger partial charge in [0.2, 0.25) is 5.91 Å². The second-order valence-corrected chi connectivity index (χ2v) is 13.0. The first kappa shape index (κ1) is 38.2. The van der Waals surface area contributed by atoms with Crippen LogP contribution in [0.1, 0.15) is 39.7 Å². The molecule has 3 atom stereocenters. The Morgan fingerprint density at radius 3 is 2.38 bits per heavy atom. The number of aromatic nitrogens is 1. The summed E-state index contributed by atoms with van der Waals surface area (Å²) in [6, 6.07) is 11.6. The molecule has 0 saturated carbocycles. The molecule has 0 spiro atoms. The summed E-state index contributed by atoms with van der Waals surface area (Å²) in [4.78, 5) is 30.0. The van der Waals surface area contributed by atoms with Crippen molar-refractivity contribution in [3.05, 3.63) is 71.9 Å². The second-order valence-electron chi connectivity index (χ2n) is 9.99. The molecule has 2 N–H and O–H groups in total. The Morgan fingerprint density at radius 1 is 1.02 bits per heavy atom. The van der Waals surface area contributed by atoms with E-state index < -0.39 is 58.2 Å². The molecule has 13 nitrogen and oxygen atoms in total. The summed E-state index contributed by atoms with van der Waals surface area (Å²) >= 11 is 0. The highest BCUT2D eigenvalue weighted by atomic mass is 31.2. The molecule has 0 saturated heterocycles. The van der Waals surface area contributed by atoms with E-state index in [2.05, 4.69) is 15.7 Å². The van der Waals surface area contributed by atoms with Crippen LogP contribution < -0.4 is 10.7 Å². The van der Waals surface area contributed by atoms with E-state index in [0.29, 0.717) is 0 Å². The SMILES string of the molecule is CCO[PH](=O)CC(CC(COC(=O)Nc1cc2ccccc2cn1)N(NCc1cccc(F)c1F)C(C)=O)OP(=O)(OCC)OCC. The van der Waals surface area contributed by atoms with Gasteiger partial charge in [-0.2, -0.15) is 0 Å². The molecular formula is C30H40F2N4O9P2. The molecule has 2 aromatic carbocycles. The number of benzene rings is 2.